The van der Waals surface area contributed by atoms with Crippen LogP contribution in [0.4, 0.5) is 0 Å². The standard InChI is InChI=1S/C18H20N2O2S/c1-12-3-4-14(9-13(12)2)18(22)19-10-17(21)20-7-5-16-15(11-20)6-8-23-16/h3-4,6,8-9H,5,7,10-11H2,1-2H3,(H,19,22). The first-order valence-corrected chi connectivity index (χ1v) is 8.61. The molecule has 1 aromatic heterocycles. The summed E-state index contributed by atoms with van der Waals surface area (Å²) in [6.07, 6.45) is 0.907. The first kappa shape index (κ1) is 15.7. The van der Waals surface area contributed by atoms with Crippen molar-refractivity contribution in [3.05, 3.63) is 56.8 Å². The highest BCUT2D eigenvalue weighted by Crippen LogP contribution is 2.23. The summed E-state index contributed by atoms with van der Waals surface area (Å²) in [7, 11) is 0. The minimum atomic E-state index is -0.199. The average Bonchev–Trinajstić information content (AvgIpc) is 3.02. The summed E-state index contributed by atoms with van der Waals surface area (Å²) in [4.78, 5) is 27.7. The fraction of sp³-hybridized carbons (Fsp3) is 0.333. The molecule has 0 spiro atoms. The summed E-state index contributed by atoms with van der Waals surface area (Å²) in [5.41, 5.74) is 4.05. The van der Waals surface area contributed by atoms with Crippen LogP contribution < -0.4 is 5.32 Å². The second-order valence-electron chi connectivity index (χ2n) is 5.92. The first-order chi connectivity index (χ1) is 11.0. The fourth-order valence-corrected chi connectivity index (χ4v) is 3.60. The Labute approximate surface area is 140 Å². The van der Waals surface area contributed by atoms with Crippen molar-refractivity contribution in [2.24, 2.45) is 0 Å². The van der Waals surface area contributed by atoms with Gasteiger partial charge in [-0.1, -0.05) is 6.07 Å². The third-order valence-electron chi connectivity index (χ3n) is 4.33. The van der Waals surface area contributed by atoms with Crippen LogP contribution in [0.1, 0.15) is 31.9 Å². The Morgan fingerprint density at radius 1 is 1.22 bits per heavy atom. The van der Waals surface area contributed by atoms with E-state index in [1.165, 1.54) is 10.4 Å². The Balaban J connectivity index is 1.57. The lowest BCUT2D eigenvalue weighted by Gasteiger charge is -2.27. The van der Waals surface area contributed by atoms with Crippen molar-refractivity contribution in [3.63, 3.8) is 0 Å². The van der Waals surface area contributed by atoms with E-state index in [4.69, 9.17) is 0 Å². The molecule has 1 aliphatic rings. The van der Waals surface area contributed by atoms with Gasteiger partial charge in [-0.15, -0.1) is 11.3 Å². The van der Waals surface area contributed by atoms with Gasteiger partial charge in [0, 0.05) is 23.5 Å². The van der Waals surface area contributed by atoms with Crippen molar-refractivity contribution < 1.29 is 9.59 Å². The van der Waals surface area contributed by atoms with Gasteiger partial charge >= 0.3 is 0 Å². The van der Waals surface area contributed by atoms with Crippen LogP contribution in [0.15, 0.2) is 29.6 Å². The number of carbonyl (C=O) groups is 2. The molecule has 5 heteroatoms. The molecule has 23 heavy (non-hydrogen) atoms. The number of benzene rings is 1. The van der Waals surface area contributed by atoms with Gasteiger partial charge in [0.25, 0.3) is 5.91 Å². The molecule has 0 fully saturated rings. The van der Waals surface area contributed by atoms with Crippen molar-refractivity contribution in [2.45, 2.75) is 26.8 Å². The van der Waals surface area contributed by atoms with Crippen LogP contribution in [0.3, 0.4) is 0 Å². The summed E-state index contributed by atoms with van der Waals surface area (Å²) in [6.45, 7) is 5.41. The Morgan fingerprint density at radius 3 is 2.83 bits per heavy atom. The lowest BCUT2D eigenvalue weighted by atomic mass is 10.1. The van der Waals surface area contributed by atoms with E-state index in [1.54, 1.807) is 17.4 Å². The molecule has 3 rings (SSSR count). The number of rotatable bonds is 3. The van der Waals surface area contributed by atoms with Gasteiger partial charge in [0.1, 0.15) is 0 Å². The molecule has 1 N–H and O–H groups in total. The molecule has 0 unspecified atom stereocenters. The monoisotopic (exact) mass is 328 g/mol. The van der Waals surface area contributed by atoms with E-state index >= 15 is 0 Å². The molecule has 2 aromatic rings. The summed E-state index contributed by atoms with van der Waals surface area (Å²) in [5, 5.41) is 4.80. The highest BCUT2D eigenvalue weighted by molar-refractivity contribution is 7.10. The molecule has 1 aliphatic heterocycles. The Morgan fingerprint density at radius 2 is 2.04 bits per heavy atom. The quantitative estimate of drug-likeness (QED) is 0.942. The van der Waals surface area contributed by atoms with Crippen LogP contribution in [0.25, 0.3) is 0 Å². The van der Waals surface area contributed by atoms with Crippen molar-refractivity contribution >= 4 is 23.2 Å². The molecule has 0 aliphatic carbocycles. The average molecular weight is 328 g/mol. The Bertz CT molecular complexity index is 751. The van der Waals surface area contributed by atoms with Gasteiger partial charge in [-0.3, -0.25) is 9.59 Å². The third-order valence-corrected chi connectivity index (χ3v) is 5.35. The number of amides is 2. The normalized spacial score (nSPS) is 13.6. The minimum Gasteiger partial charge on any atom is -0.343 e. The zero-order valence-corrected chi connectivity index (χ0v) is 14.2. The number of fused-ring (bicyclic) bond motifs is 1. The molecule has 4 nitrogen and oxygen atoms in total. The molecule has 120 valence electrons. The van der Waals surface area contributed by atoms with Gasteiger partial charge in [0.05, 0.1) is 6.54 Å². The number of carbonyl (C=O) groups excluding carboxylic acids is 2. The Kier molecular flexibility index (Phi) is 4.48. The highest BCUT2D eigenvalue weighted by Gasteiger charge is 2.21. The smallest absolute Gasteiger partial charge is 0.251 e. The van der Waals surface area contributed by atoms with Crippen LogP contribution >= 0.6 is 11.3 Å². The van der Waals surface area contributed by atoms with Crippen LogP contribution in [0.2, 0.25) is 0 Å². The van der Waals surface area contributed by atoms with E-state index in [0.29, 0.717) is 12.1 Å². The van der Waals surface area contributed by atoms with Crippen LogP contribution in [0.5, 0.6) is 0 Å². The van der Waals surface area contributed by atoms with Crippen LogP contribution in [0, 0.1) is 13.8 Å². The number of hydrogen-bond donors (Lipinski definition) is 1. The maximum atomic E-state index is 12.3. The summed E-state index contributed by atoms with van der Waals surface area (Å²) < 4.78 is 0. The zero-order valence-electron chi connectivity index (χ0n) is 13.4. The molecule has 0 atom stereocenters. The van der Waals surface area contributed by atoms with Crippen LogP contribution in [-0.2, 0) is 17.8 Å². The molecule has 0 saturated heterocycles. The SMILES string of the molecule is Cc1ccc(C(=O)NCC(=O)N2CCc3sccc3C2)cc1C. The number of nitrogens with one attached hydrogen (secondary N) is 1. The van der Waals surface area contributed by atoms with E-state index < -0.39 is 0 Å². The number of thiophene rings is 1. The largest absolute Gasteiger partial charge is 0.343 e. The summed E-state index contributed by atoms with van der Waals surface area (Å²) >= 11 is 1.75. The van der Waals surface area contributed by atoms with Crippen molar-refractivity contribution in [1.82, 2.24) is 10.2 Å². The number of aryl methyl sites for hydroxylation is 2. The first-order valence-electron chi connectivity index (χ1n) is 7.73. The maximum absolute atomic E-state index is 12.3. The van der Waals surface area contributed by atoms with Crippen LogP contribution in [-0.4, -0.2) is 29.8 Å². The molecule has 2 heterocycles. The predicted molar refractivity (Wildman–Crippen MR) is 91.7 cm³/mol. The van der Waals surface area contributed by atoms with Gasteiger partial charge in [-0.2, -0.15) is 0 Å². The van der Waals surface area contributed by atoms with Gasteiger partial charge in [0.15, 0.2) is 0 Å². The van der Waals surface area contributed by atoms with E-state index in [2.05, 4.69) is 16.8 Å². The lowest BCUT2D eigenvalue weighted by Crippen LogP contribution is -2.42. The van der Waals surface area contributed by atoms with E-state index in [9.17, 15) is 9.59 Å². The predicted octanol–water partition coefficient (Wildman–Crippen LogP) is 2.68. The van der Waals surface area contributed by atoms with Crippen molar-refractivity contribution in [3.8, 4) is 0 Å². The van der Waals surface area contributed by atoms with Crippen molar-refractivity contribution in [2.75, 3.05) is 13.1 Å². The second kappa shape index (κ2) is 6.54. The van der Waals surface area contributed by atoms with Gasteiger partial charge in [-0.25, -0.2) is 0 Å². The van der Waals surface area contributed by atoms with Crippen molar-refractivity contribution in [1.29, 1.82) is 0 Å². The molecule has 0 bridgehead atoms. The topological polar surface area (TPSA) is 49.4 Å². The minimum absolute atomic E-state index is 0.0287. The lowest BCUT2D eigenvalue weighted by molar-refractivity contribution is -0.131. The van der Waals surface area contributed by atoms with Gasteiger partial charge in [-0.05, 0) is 60.5 Å². The molecule has 2 amide bonds. The molecule has 0 saturated carbocycles. The maximum Gasteiger partial charge on any atom is 0.251 e. The third kappa shape index (κ3) is 3.45. The fourth-order valence-electron chi connectivity index (χ4n) is 2.71. The molecular weight excluding hydrogens is 308 g/mol. The van der Waals surface area contributed by atoms with E-state index in [-0.39, 0.29) is 18.4 Å². The summed E-state index contributed by atoms with van der Waals surface area (Å²) in [5.74, 6) is -0.228. The summed E-state index contributed by atoms with van der Waals surface area (Å²) in [6, 6.07) is 7.65. The van der Waals surface area contributed by atoms with Gasteiger partial charge in [0.2, 0.25) is 5.91 Å². The van der Waals surface area contributed by atoms with E-state index in [1.807, 2.05) is 30.9 Å². The molecule has 0 radical (unpaired) electrons. The van der Waals surface area contributed by atoms with E-state index in [0.717, 1.165) is 24.1 Å². The molecule has 1 aromatic carbocycles. The second-order valence-corrected chi connectivity index (χ2v) is 6.92. The van der Waals surface area contributed by atoms with Gasteiger partial charge < -0.3 is 10.2 Å². The highest BCUT2D eigenvalue weighted by atomic mass is 32.1. The zero-order chi connectivity index (χ0) is 16.4. The molecular formula is C18H20N2O2S. The number of hydrogen-bond acceptors (Lipinski definition) is 3. The number of nitrogens with zero attached hydrogens (tertiary/aromatic N) is 1. The Hall–Kier alpha value is -2.14.